The third-order valence-electron chi connectivity index (χ3n) is 2.32. The molecule has 4 heteroatoms. The second-order valence-corrected chi connectivity index (χ2v) is 5.29. The number of anilines is 2. The first-order chi connectivity index (χ1) is 7.58. The van der Waals surface area contributed by atoms with Gasteiger partial charge in [-0.25, -0.2) is 0 Å². The lowest BCUT2D eigenvalue weighted by Crippen LogP contribution is -1.94. The van der Waals surface area contributed by atoms with Gasteiger partial charge in [-0.3, -0.25) is 0 Å². The number of rotatable bonds is 1. The van der Waals surface area contributed by atoms with Crippen LogP contribution in [0.2, 0.25) is 0 Å². The Morgan fingerprint density at radius 3 is 1.38 bits per heavy atom. The standard InChI is InChI=1S/C12H10Br2N2/c13-7-1-3-9(11(15)5-7)10-4-2-8(14)6-12(10)16/h1-6H,15-16H2. The molecule has 0 fully saturated rings. The molecule has 2 aromatic rings. The highest BCUT2D eigenvalue weighted by molar-refractivity contribution is 9.10. The summed E-state index contributed by atoms with van der Waals surface area (Å²) in [5, 5.41) is 0. The van der Waals surface area contributed by atoms with Crippen LogP contribution in [-0.4, -0.2) is 0 Å². The van der Waals surface area contributed by atoms with Crippen LogP contribution in [-0.2, 0) is 0 Å². The molecule has 2 aromatic carbocycles. The van der Waals surface area contributed by atoms with Crippen molar-refractivity contribution in [3.63, 3.8) is 0 Å². The zero-order valence-corrected chi connectivity index (χ0v) is 11.5. The number of nitrogen functional groups attached to an aromatic ring is 2. The molecule has 0 aromatic heterocycles. The summed E-state index contributed by atoms with van der Waals surface area (Å²) >= 11 is 6.76. The second-order valence-electron chi connectivity index (χ2n) is 3.46. The van der Waals surface area contributed by atoms with Crippen molar-refractivity contribution < 1.29 is 0 Å². The van der Waals surface area contributed by atoms with Crippen LogP contribution in [0.4, 0.5) is 11.4 Å². The summed E-state index contributed by atoms with van der Waals surface area (Å²) in [7, 11) is 0. The van der Waals surface area contributed by atoms with E-state index >= 15 is 0 Å². The van der Waals surface area contributed by atoms with E-state index in [-0.39, 0.29) is 0 Å². The SMILES string of the molecule is Nc1cc(Br)ccc1-c1ccc(Br)cc1N. The molecule has 2 nitrogen and oxygen atoms in total. The fourth-order valence-corrected chi connectivity index (χ4v) is 2.32. The van der Waals surface area contributed by atoms with Gasteiger partial charge in [-0.2, -0.15) is 0 Å². The number of nitrogens with two attached hydrogens (primary N) is 2. The first-order valence-electron chi connectivity index (χ1n) is 4.68. The molecule has 0 heterocycles. The number of hydrogen-bond donors (Lipinski definition) is 2. The Morgan fingerprint density at radius 1 is 0.688 bits per heavy atom. The zero-order valence-electron chi connectivity index (χ0n) is 8.37. The van der Waals surface area contributed by atoms with E-state index in [2.05, 4.69) is 31.9 Å². The third kappa shape index (κ3) is 2.23. The van der Waals surface area contributed by atoms with Gasteiger partial charge in [0.25, 0.3) is 0 Å². The van der Waals surface area contributed by atoms with Gasteiger partial charge in [-0.15, -0.1) is 0 Å². The van der Waals surface area contributed by atoms with E-state index in [1.54, 1.807) is 0 Å². The first-order valence-corrected chi connectivity index (χ1v) is 6.27. The zero-order chi connectivity index (χ0) is 11.7. The molecule has 0 saturated heterocycles. The smallest absolute Gasteiger partial charge is 0.0405 e. The van der Waals surface area contributed by atoms with Crippen molar-refractivity contribution in [3.8, 4) is 11.1 Å². The van der Waals surface area contributed by atoms with Crippen LogP contribution in [0.5, 0.6) is 0 Å². The van der Waals surface area contributed by atoms with E-state index in [1.807, 2.05) is 36.4 Å². The van der Waals surface area contributed by atoms with Crippen molar-refractivity contribution in [1.29, 1.82) is 0 Å². The Hall–Kier alpha value is -1.00. The summed E-state index contributed by atoms with van der Waals surface area (Å²) in [6, 6.07) is 11.6. The maximum Gasteiger partial charge on any atom is 0.0405 e. The third-order valence-corrected chi connectivity index (χ3v) is 3.30. The monoisotopic (exact) mass is 340 g/mol. The summed E-state index contributed by atoms with van der Waals surface area (Å²) in [6.45, 7) is 0. The van der Waals surface area contributed by atoms with Gasteiger partial charge in [0.05, 0.1) is 0 Å². The van der Waals surface area contributed by atoms with Gasteiger partial charge < -0.3 is 11.5 Å². The van der Waals surface area contributed by atoms with E-state index in [1.165, 1.54) is 0 Å². The molecule has 0 saturated carbocycles. The highest BCUT2D eigenvalue weighted by atomic mass is 79.9. The van der Waals surface area contributed by atoms with E-state index in [0.29, 0.717) is 11.4 Å². The van der Waals surface area contributed by atoms with Gasteiger partial charge in [-0.05, 0) is 24.3 Å². The second kappa shape index (κ2) is 4.47. The molecule has 16 heavy (non-hydrogen) atoms. The normalized spacial score (nSPS) is 10.4. The van der Waals surface area contributed by atoms with Crippen LogP contribution < -0.4 is 11.5 Å². The molecule has 0 aliphatic carbocycles. The Labute approximate surface area is 111 Å². The number of benzene rings is 2. The molecule has 0 radical (unpaired) electrons. The summed E-state index contributed by atoms with van der Waals surface area (Å²) in [4.78, 5) is 0. The lowest BCUT2D eigenvalue weighted by Gasteiger charge is -2.09. The number of halogens is 2. The van der Waals surface area contributed by atoms with Crippen LogP contribution in [0.1, 0.15) is 0 Å². The van der Waals surface area contributed by atoms with Crippen LogP contribution in [0.15, 0.2) is 45.3 Å². The topological polar surface area (TPSA) is 52.0 Å². The largest absolute Gasteiger partial charge is 0.398 e. The number of hydrogen-bond acceptors (Lipinski definition) is 2. The molecular formula is C12H10Br2N2. The highest BCUT2D eigenvalue weighted by Crippen LogP contribution is 2.33. The molecule has 4 N–H and O–H groups in total. The Kier molecular flexibility index (Phi) is 3.21. The average Bonchev–Trinajstić information content (AvgIpc) is 2.19. The lowest BCUT2D eigenvalue weighted by atomic mass is 10.0. The summed E-state index contributed by atoms with van der Waals surface area (Å²) in [5.41, 5.74) is 15.3. The quantitative estimate of drug-likeness (QED) is 0.769. The van der Waals surface area contributed by atoms with Gasteiger partial charge in [0.2, 0.25) is 0 Å². The minimum Gasteiger partial charge on any atom is -0.398 e. The van der Waals surface area contributed by atoms with Crippen molar-refractivity contribution in [2.45, 2.75) is 0 Å². The molecule has 0 amide bonds. The average molecular weight is 342 g/mol. The fourth-order valence-electron chi connectivity index (χ4n) is 1.56. The maximum atomic E-state index is 5.96. The molecule has 0 aliphatic rings. The van der Waals surface area contributed by atoms with Gasteiger partial charge in [0, 0.05) is 31.4 Å². The lowest BCUT2D eigenvalue weighted by molar-refractivity contribution is 1.57. The Bertz CT molecular complexity index is 489. The molecule has 0 aliphatic heterocycles. The van der Waals surface area contributed by atoms with E-state index < -0.39 is 0 Å². The summed E-state index contributed by atoms with van der Waals surface area (Å²) in [6.07, 6.45) is 0. The summed E-state index contributed by atoms with van der Waals surface area (Å²) in [5.74, 6) is 0. The Balaban J connectivity index is 2.59. The van der Waals surface area contributed by atoms with Crippen molar-refractivity contribution in [3.05, 3.63) is 45.3 Å². The van der Waals surface area contributed by atoms with Crippen LogP contribution >= 0.6 is 31.9 Å². The van der Waals surface area contributed by atoms with Gasteiger partial charge >= 0.3 is 0 Å². The first kappa shape index (κ1) is 11.5. The van der Waals surface area contributed by atoms with Crippen molar-refractivity contribution in [2.75, 3.05) is 11.5 Å². The van der Waals surface area contributed by atoms with E-state index in [4.69, 9.17) is 11.5 Å². The predicted octanol–water partition coefficient (Wildman–Crippen LogP) is 4.04. The minimum atomic E-state index is 0.711. The van der Waals surface area contributed by atoms with Crippen LogP contribution in [0.3, 0.4) is 0 Å². The van der Waals surface area contributed by atoms with E-state index in [9.17, 15) is 0 Å². The van der Waals surface area contributed by atoms with Gasteiger partial charge in [0.1, 0.15) is 0 Å². The molecule has 0 spiro atoms. The Morgan fingerprint density at radius 2 is 1.06 bits per heavy atom. The molecule has 82 valence electrons. The minimum absolute atomic E-state index is 0.711. The highest BCUT2D eigenvalue weighted by Gasteiger charge is 2.06. The van der Waals surface area contributed by atoms with Gasteiger partial charge in [0.15, 0.2) is 0 Å². The van der Waals surface area contributed by atoms with Gasteiger partial charge in [-0.1, -0.05) is 44.0 Å². The van der Waals surface area contributed by atoms with Crippen molar-refractivity contribution >= 4 is 43.2 Å². The van der Waals surface area contributed by atoms with E-state index in [0.717, 1.165) is 20.1 Å². The predicted molar refractivity (Wildman–Crippen MR) is 76.1 cm³/mol. The summed E-state index contributed by atoms with van der Waals surface area (Å²) < 4.78 is 1.92. The molecule has 0 atom stereocenters. The van der Waals surface area contributed by atoms with Crippen molar-refractivity contribution in [1.82, 2.24) is 0 Å². The molecular weight excluding hydrogens is 332 g/mol. The molecule has 0 bridgehead atoms. The molecule has 2 rings (SSSR count). The van der Waals surface area contributed by atoms with Crippen LogP contribution in [0.25, 0.3) is 11.1 Å². The molecule has 0 unspecified atom stereocenters. The fraction of sp³-hybridized carbons (Fsp3) is 0. The maximum absolute atomic E-state index is 5.96. The van der Waals surface area contributed by atoms with Crippen molar-refractivity contribution in [2.24, 2.45) is 0 Å². The van der Waals surface area contributed by atoms with Crippen LogP contribution in [0, 0.1) is 0 Å².